The van der Waals surface area contributed by atoms with Crippen molar-refractivity contribution in [2.24, 2.45) is 10.9 Å². The average Bonchev–Trinajstić information content (AvgIpc) is 3.15. The largest absolute Gasteiger partial charge is 0.478 e. The number of benzene rings is 1. The summed E-state index contributed by atoms with van der Waals surface area (Å²) < 4.78 is 5.58. The zero-order valence-electron chi connectivity index (χ0n) is 18.9. The maximum atomic E-state index is 12.4. The summed E-state index contributed by atoms with van der Waals surface area (Å²) in [6, 6.07) is 14.2. The summed E-state index contributed by atoms with van der Waals surface area (Å²) in [7, 11) is 0. The van der Waals surface area contributed by atoms with Crippen LogP contribution in [-0.4, -0.2) is 54.5 Å². The van der Waals surface area contributed by atoms with Crippen molar-refractivity contribution in [3.63, 3.8) is 0 Å². The van der Waals surface area contributed by atoms with Crippen molar-refractivity contribution in [3.8, 4) is 5.88 Å². The second-order valence-electron chi connectivity index (χ2n) is 7.62. The second kappa shape index (κ2) is 13.9. The van der Waals surface area contributed by atoms with E-state index in [0.717, 1.165) is 37.6 Å². The van der Waals surface area contributed by atoms with Crippen molar-refractivity contribution in [2.75, 3.05) is 32.8 Å². The highest BCUT2D eigenvalue weighted by Crippen LogP contribution is 2.18. The Morgan fingerprint density at radius 3 is 2.75 bits per heavy atom. The molecule has 2 N–H and O–H groups in total. The Morgan fingerprint density at radius 2 is 2.00 bits per heavy atom. The molecule has 1 aliphatic heterocycles. The minimum atomic E-state index is 0. The smallest absolute Gasteiger partial charge is 0.223 e. The van der Waals surface area contributed by atoms with E-state index in [2.05, 4.69) is 32.7 Å². The number of hydrogen-bond acceptors (Lipinski definition) is 4. The molecule has 174 valence electrons. The third kappa shape index (κ3) is 7.96. The van der Waals surface area contributed by atoms with Gasteiger partial charge in [0.15, 0.2) is 5.96 Å². The highest BCUT2D eigenvalue weighted by molar-refractivity contribution is 14.0. The number of halogens is 1. The van der Waals surface area contributed by atoms with Crippen LogP contribution in [0, 0.1) is 5.92 Å². The number of guanidine groups is 1. The summed E-state index contributed by atoms with van der Waals surface area (Å²) in [6.07, 6.45) is 3.20. The van der Waals surface area contributed by atoms with Crippen LogP contribution in [0.3, 0.4) is 0 Å². The molecule has 0 spiro atoms. The molecule has 1 saturated heterocycles. The SMILES string of the molecule is CCNC(=NCc1cccnc1OCC)NCC1CC(=O)N(CCc2ccccc2)C1.I. The number of nitrogens with zero attached hydrogens (tertiary/aromatic N) is 3. The van der Waals surface area contributed by atoms with Gasteiger partial charge in [0, 0.05) is 50.3 Å². The van der Waals surface area contributed by atoms with E-state index >= 15 is 0 Å². The number of carbonyl (C=O) groups excluding carboxylic acids is 1. The number of pyridine rings is 1. The molecule has 8 heteroatoms. The Hall–Kier alpha value is -2.36. The monoisotopic (exact) mass is 551 g/mol. The van der Waals surface area contributed by atoms with Crippen LogP contribution in [0.2, 0.25) is 0 Å². The predicted molar refractivity (Wildman–Crippen MR) is 138 cm³/mol. The first-order chi connectivity index (χ1) is 15.2. The van der Waals surface area contributed by atoms with Gasteiger partial charge in [0.2, 0.25) is 11.8 Å². The third-order valence-corrected chi connectivity index (χ3v) is 5.25. The predicted octanol–water partition coefficient (Wildman–Crippen LogP) is 3.24. The van der Waals surface area contributed by atoms with E-state index in [1.807, 2.05) is 49.1 Å². The molecular formula is C24H34IN5O2. The standard InChI is InChI=1S/C24H33N5O2.HI/c1-3-25-24(28-17-21-11-8-13-26-23(21)31-4-2)27-16-20-15-22(30)29(18-20)14-12-19-9-6-5-7-10-19;/h5-11,13,20H,3-4,12,14-18H2,1-2H3,(H2,25,27,28);1H. The number of hydrogen-bond donors (Lipinski definition) is 2. The molecule has 2 aromatic rings. The van der Waals surface area contributed by atoms with Gasteiger partial charge in [-0.3, -0.25) is 4.79 Å². The van der Waals surface area contributed by atoms with E-state index in [1.54, 1.807) is 6.20 Å². The Bertz CT molecular complexity index is 862. The zero-order chi connectivity index (χ0) is 21.9. The molecule has 1 unspecified atom stereocenters. The van der Waals surface area contributed by atoms with E-state index in [4.69, 9.17) is 4.74 Å². The van der Waals surface area contributed by atoms with E-state index < -0.39 is 0 Å². The van der Waals surface area contributed by atoms with Crippen molar-refractivity contribution < 1.29 is 9.53 Å². The molecule has 2 heterocycles. The molecule has 0 radical (unpaired) electrons. The average molecular weight is 551 g/mol. The van der Waals surface area contributed by atoms with Crippen LogP contribution in [0.4, 0.5) is 0 Å². The molecule has 32 heavy (non-hydrogen) atoms. The molecule has 7 nitrogen and oxygen atoms in total. The number of aromatic nitrogens is 1. The summed E-state index contributed by atoms with van der Waals surface area (Å²) in [5.74, 6) is 1.88. The fourth-order valence-electron chi connectivity index (χ4n) is 3.67. The first-order valence-corrected chi connectivity index (χ1v) is 11.1. The summed E-state index contributed by atoms with van der Waals surface area (Å²) >= 11 is 0. The normalized spacial score (nSPS) is 15.9. The molecule has 0 bridgehead atoms. The Labute approximate surface area is 208 Å². The maximum absolute atomic E-state index is 12.4. The lowest BCUT2D eigenvalue weighted by molar-refractivity contribution is -0.127. The molecule has 1 amide bonds. The number of rotatable bonds is 10. The number of ether oxygens (including phenoxy) is 1. The number of carbonyl (C=O) groups is 1. The van der Waals surface area contributed by atoms with Crippen LogP contribution < -0.4 is 15.4 Å². The molecule has 1 atom stereocenters. The first-order valence-electron chi connectivity index (χ1n) is 11.1. The Kier molecular flexibility index (Phi) is 11.3. The summed E-state index contributed by atoms with van der Waals surface area (Å²) in [6.45, 7) is 8.07. The van der Waals surface area contributed by atoms with Gasteiger partial charge < -0.3 is 20.3 Å². The van der Waals surface area contributed by atoms with Crippen LogP contribution in [0.25, 0.3) is 0 Å². The number of nitrogens with one attached hydrogen (secondary N) is 2. The van der Waals surface area contributed by atoms with Crippen molar-refractivity contribution in [3.05, 3.63) is 59.8 Å². The van der Waals surface area contributed by atoms with Gasteiger partial charge in [0.1, 0.15) is 0 Å². The number of likely N-dealkylation sites (tertiary alicyclic amines) is 1. The van der Waals surface area contributed by atoms with Crippen LogP contribution in [0.5, 0.6) is 5.88 Å². The lowest BCUT2D eigenvalue weighted by Gasteiger charge is -2.18. The summed E-state index contributed by atoms with van der Waals surface area (Å²) in [5, 5.41) is 6.67. The van der Waals surface area contributed by atoms with Crippen LogP contribution in [-0.2, 0) is 17.8 Å². The van der Waals surface area contributed by atoms with Crippen molar-refractivity contribution in [1.82, 2.24) is 20.5 Å². The Balaban J connectivity index is 0.00000363. The first kappa shape index (κ1) is 25.9. The van der Waals surface area contributed by atoms with E-state index in [9.17, 15) is 4.79 Å². The fourth-order valence-corrected chi connectivity index (χ4v) is 3.67. The molecule has 0 aliphatic carbocycles. The molecule has 0 saturated carbocycles. The van der Waals surface area contributed by atoms with E-state index in [1.165, 1.54) is 5.56 Å². The van der Waals surface area contributed by atoms with Gasteiger partial charge >= 0.3 is 0 Å². The summed E-state index contributed by atoms with van der Waals surface area (Å²) in [4.78, 5) is 23.4. The molecule has 3 rings (SSSR count). The van der Waals surface area contributed by atoms with Gasteiger partial charge in [-0.1, -0.05) is 36.4 Å². The number of aliphatic imine (C=N–C) groups is 1. The van der Waals surface area contributed by atoms with E-state index in [-0.39, 0.29) is 35.8 Å². The lowest BCUT2D eigenvalue weighted by atomic mass is 10.1. The molecule has 1 fully saturated rings. The topological polar surface area (TPSA) is 78.9 Å². The van der Waals surface area contributed by atoms with Gasteiger partial charge in [0.25, 0.3) is 0 Å². The van der Waals surface area contributed by atoms with Crippen molar-refractivity contribution in [1.29, 1.82) is 0 Å². The highest BCUT2D eigenvalue weighted by Gasteiger charge is 2.29. The second-order valence-corrected chi connectivity index (χ2v) is 7.62. The summed E-state index contributed by atoms with van der Waals surface area (Å²) in [5.41, 5.74) is 2.21. The lowest BCUT2D eigenvalue weighted by Crippen LogP contribution is -2.40. The number of amides is 1. The minimum absolute atomic E-state index is 0. The molecule has 1 aromatic heterocycles. The van der Waals surface area contributed by atoms with Crippen molar-refractivity contribution >= 4 is 35.8 Å². The van der Waals surface area contributed by atoms with Gasteiger partial charge in [0.05, 0.1) is 13.2 Å². The van der Waals surface area contributed by atoms with Gasteiger partial charge in [-0.2, -0.15) is 0 Å². The van der Waals surface area contributed by atoms with Gasteiger partial charge in [-0.15, -0.1) is 24.0 Å². The van der Waals surface area contributed by atoms with Crippen LogP contribution >= 0.6 is 24.0 Å². The maximum Gasteiger partial charge on any atom is 0.223 e. The fraction of sp³-hybridized carbons (Fsp3) is 0.458. The zero-order valence-corrected chi connectivity index (χ0v) is 21.2. The Morgan fingerprint density at radius 1 is 1.19 bits per heavy atom. The molecule has 1 aliphatic rings. The molecular weight excluding hydrogens is 517 g/mol. The van der Waals surface area contributed by atoms with E-state index in [0.29, 0.717) is 32.0 Å². The van der Waals surface area contributed by atoms with Crippen LogP contribution in [0.1, 0.15) is 31.4 Å². The quantitative estimate of drug-likeness (QED) is 0.270. The van der Waals surface area contributed by atoms with Crippen molar-refractivity contribution in [2.45, 2.75) is 33.2 Å². The van der Waals surface area contributed by atoms with Crippen LogP contribution in [0.15, 0.2) is 53.7 Å². The minimum Gasteiger partial charge on any atom is -0.478 e. The van der Waals surface area contributed by atoms with Gasteiger partial charge in [-0.25, -0.2) is 9.98 Å². The van der Waals surface area contributed by atoms with Gasteiger partial charge in [-0.05, 0) is 31.9 Å². The highest BCUT2D eigenvalue weighted by atomic mass is 127. The molecule has 1 aromatic carbocycles. The third-order valence-electron chi connectivity index (χ3n) is 5.25.